The number of nitrogens with one attached hydrogen (secondary N) is 2. The molecule has 4 rings (SSSR count). The lowest BCUT2D eigenvalue weighted by Crippen LogP contribution is -2.19. The minimum absolute atomic E-state index is 0.00224. The fraction of sp³-hybridized carbons (Fsp3) is 0.143. The maximum absolute atomic E-state index is 12.7. The molecule has 2 N–H and O–H groups in total. The summed E-state index contributed by atoms with van der Waals surface area (Å²) >= 11 is 12.6. The van der Waals surface area contributed by atoms with Crippen molar-refractivity contribution in [1.82, 2.24) is 19.7 Å². The monoisotopic (exact) mass is 471 g/mol. The van der Waals surface area contributed by atoms with E-state index in [0.717, 1.165) is 22.6 Å². The first-order chi connectivity index (χ1) is 15.0. The van der Waals surface area contributed by atoms with E-state index >= 15 is 0 Å². The van der Waals surface area contributed by atoms with Gasteiger partial charge in [-0.3, -0.25) is 14.5 Å². The van der Waals surface area contributed by atoms with E-state index in [9.17, 15) is 4.79 Å². The zero-order valence-electron chi connectivity index (χ0n) is 16.5. The number of anilines is 1. The van der Waals surface area contributed by atoms with E-state index in [1.54, 1.807) is 16.7 Å². The number of thiazole rings is 1. The topological polar surface area (TPSA) is 84.8 Å². The number of aromatic amines is 1. The van der Waals surface area contributed by atoms with Crippen molar-refractivity contribution in [2.24, 2.45) is 0 Å². The van der Waals surface area contributed by atoms with Crippen molar-refractivity contribution < 1.29 is 9.53 Å². The van der Waals surface area contributed by atoms with Crippen molar-refractivity contribution in [3.8, 4) is 28.4 Å². The lowest BCUT2D eigenvalue weighted by atomic mass is 10.1. The molecular formula is C21H18ClN5O2S2. The predicted molar refractivity (Wildman–Crippen MR) is 125 cm³/mol. The number of hydrogen-bond donors (Lipinski definition) is 2. The van der Waals surface area contributed by atoms with Gasteiger partial charge in [-0.05, 0) is 55.5 Å². The molecule has 0 saturated carbocycles. The maximum Gasteiger partial charge on any atom is 0.246 e. The Bertz CT molecular complexity index is 1260. The second kappa shape index (κ2) is 9.42. The average molecular weight is 472 g/mol. The molecule has 2 aromatic carbocycles. The number of carbonyl (C=O) groups is 1. The lowest BCUT2D eigenvalue weighted by Gasteiger charge is -2.08. The predicted octanol–water partition coefficient (Wildman–Crippen LogP) is 5.42. The Kier molecular flexibility index (Phi) is 6.45. The van der Waals surface area contributed by atoms with E-state index in [1.807, 2.05) is 48.7 Å². The van der Waals surface area contributed by atoms with Gasteiger partial charge in [-0.1, -0.05) is 23.7 Å². The van der Waals surface area contributed by atoms with Gasteiger partial charge in [-0.25, -0.2) is 4.98 Å². The van der Waals surface area contributed by atoms with Crippen molar-refractivity contribution in [3.05, 3.63) is 63.7 Å². The molecule has 158 valence electrons. The Balaban J connectivity index is 1.51. The number of halogens is 1. The Labute approximate surface area is 192 Å². The molecule has 0 spiro atoms. The number of carbonyl (C=O) groups excluding carboxylic acids is 1. The van der Waals surface area contributed by atoms with Crippen molar-refractivity contribution in [2.75, 3.05) is 11.9 Å². The van der Waals surface area contributed by atoms with Gasteiger partial charge in [-0.2, -0.15) is 5.10 Å². The number of benzene rings is 2. The molecule has 0 saturated heterocycles. The van der Waals surface area contributed by atoms with Gasteiger partial charge in [0.05, 0.1) is 12.3 Å². The van der Waals surface area contributed by atoms with Crippen LogP contribution in [0.3, 0.4) is 0 Å². The highest BCUT2D eigenvalue weighted by Crippen LogP contribution is 2.32. The Morgan fingerprint density at radius 3 is 2.81 bits per heavy atom. The van der Waals surface area contributed by atoms with Crippen molar-refractivity contribution in [2.45, 2.75) is 13.5 Å². The zero-order valence-corrected chi connectivity index (χ0v) is 18.9. The van der Waals surface area contributed by atoms with Crippen LogP contribution in [0.2, 0.25) is 5.02 Å². The van der Waals surface area contributed by atoms with E-state index in [-0.39, 0.29) is 12.5 Å². The third-order valence-electron chi connectivity index (χ3n) is 4.38. The van der Waals surface area contributed by atoms with Crippen LogP contribution in [0.25, 0.3) is 22.6 Å². The van der Waals surface area contributed by atoms with E-state index < -0.39 is 0 Å². The van der Waals surface area contributed by atoms with Gasteiger partial charge in [0.15, 0.2) is 15.7 Å². The third-order valence-corrected chi connectivity index (χ3v) is 5.70. The molecule has 0 bridgehead atoms. The van der Waals surface area contributed by atoms with Crippen LogP contribution in [0.4, 0.5) is 5.13 Å². The summed E-state index contributed by atoms with van der Waals surface area (Å²) in [6.45, 7) is 2.49. The quantitative estimate of drug-likeness (QED) is 0.351. The first-order valence-electron chi connectivity index (χ1n) is 9.44. The normalized spacial score (nSPS) is 10.8. The standard InChI is InChI=1S/C21H18ClN5O2S2/c1-2-29-17-6-4-3-5-15(17)16-12-31-20(23-16)24-18(28)11-27-19(25-26-21(27)30)13-7-9-14(22)10-8-13/h3-10,12H,2,11H2,1H3,(H,26,30)(H,23,24,28). The Morgan fingerprint density at radius 1 is 1.26 bits per heavy atom. The summed E-state index contributed by atoms with van der Waals surface area (Å²) in [7, 11) is 0. The van der Waals surface area contributed by atoms with Crippen LogP contribution in [0.15, 0.2) is 53.9 Å². The second-order valence-corrected chi connectivity index (χ2v) is 8.14. The van der Waals surface area contributed by atoms with Crippen LogP contribution in [0.1, 0.15) is 6.92 Å². The van der Waals surface area contributed by atoms with E-state index in [0.29, 0.717) is 27.4 Å². The summed E-state index contributed by atoms with van der Waals surface area (Å²) in [6, 6.07) is 14.8. The zero-order chi connectivity index (χ0) is 21.8. The van der Waals surface area contributed by atoms with Crippen LogP contribution >= 0.6 is 35.2 Å². The molecule has 2 aromatic heterocycles. The highest BCUT2D eigenvalue weighted by molar-refractivity contribution is 7.71. The molecule has 7 nitrogen and oxygen atoms in total. The first kappa shape index (κ1) is 21.2. The molecule has 4 aromatic rings. The lowest BCUT2D eigenvalue weighted by molar-refractivity contribution is -0.116. The molecule has 31 heavy (non-hydrogen) atoms. The van der Waals surface area contributed by atoms with Gasteiger partial charge < -0.3 is 10.1 Å². The molecule has 0 aliphatic rings. The fourth-order valence-electron chi connectivity index (χ4n) is 3.00. The van der Waals surface area contributed by atoms with Crippen molar-refractivity contribution in [3.63, 3.8) is 0 Å². The number of hydrogen-bond acceptors (Lipinski definition) is 6. The van der Waals surface area contributed by atoms with Gasteiger partial charge in [0.25, 0.3) is 0 Å². The highest BCUT2D eigenvalue weighted by atomic mass is 35.5. The van der Waals surface area contributed by atoms with E-state index in [1.165, 1.54) is 11.3 Å². The Hall–Kier alpha value is -3.01. The molecular weight excluding hydrogens is 454 g/mol. The molecule has 0 unspecified atom stereocenters. The van der Waals surface area contributed by atoms with Crippen LogP contribution in [-0.2, 0) is 11.3 Å². The van der Waals surface area contributed by atoms with Gasteiger partial charge in [-0.15, -0.1) is 11.3 Å². The summed E-state index contributed by atoms with van der Waals surface area (Å²) < 4.78 is 7.66. The molecule has 0 atom stereocenters. The van der Waals surface area contributed by atoms with Gasteiger partial charge in [0.2, 0.25) is 5.91 Å². The molecule has 10 heteroatoms. The summed E-state index contributed by atoms with van der Waals surface area (Å²) in [5.74, 6) is 1.06. The van der Waals surface area contributed by atoms with Gasteiger partial charge in [0.1, 0.15) is 12.3 Å². The first-order valence-corrected chi connectivity index (χ1v) is 11.1. The van der Waals surface area contributed by atoms with Crippen molar-refractivity contribution >= 4 is 46.2 Å². The molecule has 0 radical (unpaired) electrons. The van der Waals surface area contributed by atoms with E-state index in [2.05, 4.69) is 20.5 Å². The number of ether oxygens (including phenoxy) is 1. The van der Waals surface area contributed by atoms with Crippen LogP contribution in [0, 0.1) is 4.77 Å². The Morgan fingerprint density at radius 2 is 2.03 bits per heavy atom. The number of nitrogens with zero attached hydrogens (tertiary/aromatic N) is 3. The minimum Gasteiger partial charge on any atom is -0.493 e. The largest absolute Gasteiger partial charge is 0.493 e. The van der Waals surface area contributed by atoms with Crippen molar-refractivity contribution in [1.29, 1.82) is 0 Å². The maximum atomic E-state index is 12.7. The van der Waals surface area contributed by atoms with Crippen LogP contribution in [0.5, 0.6) is 5.75 Å². The SMILES string of the molecule is CCOc1ccccc1-c1csc(NC(=O)Cn2c(-c3ccc(Cl)cc3)n[nH]c2=S)n1. The van der Waals surface area contributed by atoms with Crippen LogP contribution in [-0.4, -0.2) is 32.3 Å². The molecule has 2 heterocycles. The third kappa shape index (κ3) is 4.84. The molecule has 0 aliphatic carbocycles. The highest BCUT2D eigenvalue weighted by Gasteiger charge is 2.15. The molecule has 1 amide bonds. The number of para-hydroxylation sites is 1. The number of H-pyrrole nitrogens is 1. The van der Waals surface area contributed by atoms with E-state index in [4.69, 9.17) is 28.6 Å². The second-order valence-electron chi connectivity index (χ2n) is 6.46. The van der Waals surface area contributed by atoms with Gasteiger partial charge in [0, 0.05) is 21.5 Å². The molecule has 0 fully saturated rings. The summed E-state index contributed by atoms with van der Waals surface area (Å²) in [4.78, 5) is 17.2. The smallest absolute Gasteiger partial charge is 0.246 e. The summed E-state index contributed by atoms with van der Waals surface area (Å²) in [5.41, 5.74) is 2.42. The van der Waals surface area contributed by atoms with Crippen LogP contribution < -0.4 is 10.1 Å². The molecule has 0 aliphatic heterocycles. The number of amides is 1. The number of rotatable bonds is 7. The fourth-order valence-corrected chi connectivity index (χ4v) is 4.05. The summed E-state index contributed by atoms with van der Waals surface area (Å²) in [5, 5.41) is 12.8. The van der Waals surface area contributed by atoms with Gasteiger partial charge >= 0.3 is 0 Å². The number of aromatic nitrogens is 4. The average Bonchev–Trinajstić information content (AvgIpc) is 3.36. The minimum atomic E-state index is -0.258. The summed E-state index contributed by atoms with van der Waals surface area (Å²) in [6.07, 6.45) is 0.